The van der Waals surface area contributed by atoms with E-state index in [0.29, 0.717) is 12.3 Å². The number of hydrogen-bond donors (Lipinski definition) is 2. The number of rotatable bonds is 4. The zero-order valence-corrected chi connectivity index (χ0v) is 13.3. The molecule has 0 unspecified atom stereocenters. The highest BCUT2D eigenvalue weighted by atomic mass is 32.2. The number of hydrogen-bond acceptors (Lipinski definition) is 6. The van der Waals surface area contributed by atoms with Gasteiger partial charge in [-0.25, -0.2) is 0 Å². The van der Waals surface area contributed by atoms with Crippen LogP contribution >= 0.6 is 11.8 Å². The van der Waals surface area contributed by atoms with Crippen molar-refractivity contribution in [1.29, 1.82) is 0 Å². The van der Waals surface area contributed by atoms with Crippen LogP contribution in [0.1, 0.15) is 5.56 Å². The van der Waals surface area contributed by atoms with Crippen molar-refractivity contribution in [2.45, 2.75) is 12.1 Å². The number of phenolic OH excluding ortho intramolecular Hbond substituents is 1. The molecule has 128 valence electrons. The molecule has 0 radical (unpaired) electrons. The Kier molecular flexibility index (Phi) is 5.11. The van der Waals surface area contributed by atoms with Gasteiger partial charge in [0.2, 0.25) is 5.12 Å². The van der Waals surface area contributed by atoms with Crippen LogP contribution in [0.5, 0.6) is 5.75 Å². The first kappa shape index (κ1) is 17.9. The lowest BCUT2D eigenvalue weighted by atomic mass is 10.1. The van der Waals surface area contributed by atoms with Gasteiger partial charge in [-0.2, -0.15) is 21.6 Å². The minimum Gasteiger partial charge on any atom is -0.508 e. The van der Waals surface area contributed by atoms with Crippen molar-refractivity contribution in [2.24, 2.45) is 0 Å². The third-order valence-corrected chi connectivity index (χ3v) is 4.99. The molecule has 0 spiro atoms. The number of carbonyl (C=O) groups excluding carboxylic acids is 1. The van der Waals surface area contributed by atoms with Crippen LogP contribution in [0.25, 0.3) is 0 Å². The smallest absolute Gasteiger partial charge is 0.508 e. The minimum atomic E-state index is -5.56. The summed E-state index contributed by atoms with van der Waals surface area (Å²) in [5.74, 6) is 0.328. The van der Waals surface area contributed by atoms with E-state index in [0.717, 1.165) is 23.9 Å². The van der Waals surface area contributed by atoms with Crippen LogP contribution in [0.15, 0.2) is 18.2 Å². The summed E-state index contributed by atoms with van der Waals surface area (Å²) in [4.78, 5) is 13.1. The quantitative estimate of drug-likeness (QED) is 0.785. The predicted molar refractivity (Wildman–Crippen MR) is 79.4 cm³/mol. The Morgan fingerprint density at radius 3 is 2.65 bits per heavy atom. The van der Waals surface area contributed by atoms with E-state index in [-0.39, 0.29) is 35.2 Å². The maximum absolute atomic E-state index is 12.5. The van der Waals surface area contributed by atoms with E-state index in [2.05, 4.69) is 0 Å². The van der Waals surface area contributed by atoms with Crippen LogP contribution in [0.2, 0.25) is 0 Å². The molecule has 2 rings (SSSR count). The normalized spacial score (nSPS) is 17.3. The van der Waals surface area contributed by atoms with Gasteiger partial charge in [-0.15, -0.1) is 0 Å². The Labute approximate surface area is 134 Å². The fourth-order valence-corrected chi connectivity index (χ4v) is 3.44. The molecule has 1 saturated heterocycles. The summed E-state index contributed by atoms with van der Waals surface area (Å²) in [6.07, 6.45) is 0. The number of nitrogens with one attached hydrogen (secondary N) is 1. The number of phenols is 1. The SMILES string of the molecule is O=C1CN(Cc2cc(O)ccc2NS(=O)(=O)C(F)(F)F)CCS1. The van der Waals surface area contributed by atoms with Crippen LogP contribution in [0.4, 0.5) is 18.9 Å². The molecule has 23 heavy (non-hydrogen) atoms. The summed E-state index contributed by atoms with van der Waals surface area (Å²) in [6, 6.07) is 3.30. The first-order valence-electron chi connectivity index (χ1n) is 6.37. The van der Waals surface area contributed by atoms with Crippen molar-refractivity contribution in [3.8, 4) is 5.75 Å². The average Bonchev–Trinajstić information content (AvgIpc) is 2.40. The third kappa shape index (κ3) is 4.52. The van der Waals surface area contributed by atoms with Crippen molar-refractivity contribution < 1.29 is 31.5 Å². The van der Waals surface area contributed by atoms with Crippen molar-refractivity contribution >= 4 is 32.6 Å². The van der Waals surface area contributed by atoms with E-state index in [1.165, 1.54) is 10.8 Å². The molecule has 0 atom stereocenters. The minimum absolute atomic E-state index is 0.0381. The first-order valence-corrected chi connectivity index (χ1v) is 8.84. The average molecular weight is 370 g/mol. The summed E-state index contributed by atoms with van der Waals surface area (Å²) < 4.78 is 61.4. The maximum Gasteiger partial charge on any atom is 0.516 e. The molecule has 6 nitrogen and oxygen atoms in total. The monoisotopic (exact) mass is 370 g/mol. The van der Waals surface area contributed by atoms with Gasteiger partial charge in [-0.3, -0.25) is 14.4 Å². The van der Waals surface area contributed by atoms with Gasteiger partial charge in [0, 0.05) is 18.8 Å². The van der Waals surface area contributed by atoms with Crippen molar-refractivity contribution in [3.05, 3.63) is 23.8 Å². The molecule has 0 saturated carbocycles. The summed E-state index contributed by atoms with van der Waals surface area (Å²) >= 11 is 1.16. The molecule has 1 aromatic rings. The van der Waals surface area contributed by atoms with Gasteiger partial charge in [0.15, 0.2) is 0 Å². The fraction of sp³-hybridized carbons (Fsp3) is 0.417. The molecule has 0 amide bonds. The molecule has 1 aliphatic heterocycles. The second-order valence-electron chi connectivity index (χ2n) is 4.82. The summed E-state index contributed by atoms with van der Waals surface area (Å²) in [7, 11) is -5.56. The fourth-order valence-electron chi connectivity index (χ4n) is 1.98. The Morgan fingerprint density at radius 2 is 2.04 bits per heavy atom. The molecule has 2 N–H and O–H groups in total. The topological polar surface area (TPSA) is 86.7 Å². The number of thioether (sulfide) groups is 1. The summed E-state index contributed by atoms with van der Waals surface area (Å²) in [6.45, 7) is 0.666. The Bertz CT molecular complexity index is 707. The number of carbonyl (C=O) groups is 1. The van der Waals surface area contributed by atoms with Gasteiger partial charge in [0.05, 0.1) is 12.2 Å². The van der Waals surface area contributed by atoms with Crippen LogP contribution in [-0.2, 0) is 21.4 Å². The van der Waals surface area contributed by atoms with E-state index in [1.807, 2.05) is 0 Å². The molecule has 1 fully saturated rings. The van der Waals surface area contributed by atoms with Gasteiger partial charge < -0.3 is 5.11 Å². The predicted octanol–water partition coefficient (Wildman–Crippen LogP) is 1.73. The number of nitrogens with zero attached hydrogens (tertiary/aromatic N) is 1. The third-order valence-electron chi connectivity index (χ3n) is 3.06. The van der Waals surface area contributed by atoms with E-state index in [4.69, 9.17) is 0 Å². The number of aromatic hydroxyl groups is 1. The van der Waals surface area contributed by atoms with E-state index in [9.17, 15) is 31.5 Å². The first-order chi connectivity index (χ1) is 10.6. The molecule has 0 bridgehead atoms. The van der Waals surface area contributed by atoms with Gasteiger partial charge >= 0.3 is 15.5 Å². The molecule has 1 aliphatic rings. The van der Waals surface area contributed by atoms with Crippen LogP contribution in [0, 0.1) is 0 Å². The lowest BCUT2D eigenvalue weighted by Crippen LogP contribution is -2.35. The van der Waals surface area contributed by atoms with Crippen LogP contribution in [0.3, 0.4) is 0 Å². The number of halogens is 3. The van der Waals surface area contributed by atoms with E-state index >= 15 is 0 Å². The van der Waals surface area contributed by atoms with Crippen LogP contribution < -0.4 is 4.72 Å². The molecule has 1 heterocycles. The summed E-state index contributed by atoms with van der Waals surface area (Å²) in [5, 5.41) is 9.41. The van der Waals surface area contributed by atoms with E-state index in [1.54, 1.807) is 4.90 Å². The largest absolute Gasteiger partial charge is 0.516 e. The molecule has 11 heteroatoms. The Balaban J connectivity index is 2.25. The summed E-state index contributed by atoms with van der Waals surface area (Å²) in [5.41, 5.74) is -5.58. The van der Waals surface area contributed by atoms with Crippen molar-refractivity contribution in [3.63, 3.8) is 0 Å². The van der Waals surface area contributed by atoms with Crippen LogP contribution in [-0.4, -0.2) is 47.9 Å². The Morgan fingerprint density at radius 1 is 1.35 bits per heavy atom. The second kappa shape index (κ2) is 6.57. The highest BCUT2D eigenvalue weighted by Gasteiger charge is 2.46. The van der Waals surface area contributed by atoms with E-state index < -0.39 is 15.5 Å². The molecular weight excluding hydrogens is 357 g/mol. The van der Waals surface area contributed by atoms with Gasteiger partial charge in [-0.05, 0) is 23.8 Å². The molecule has 0 aromatic heterocycles. The lowest BCUT2D eigenvalue weighted by Gasteiger charge is -2.26. The zero-order chi connectivity index (χ0) is 17.3. The van der Waals surface area contributed by atoms with Crippen molar-refractivity contribution in [2.75, 3.05) is 23.6 Å². The number of sulfonamides is 1. The lowest BCUT2D eigenvalue weighted by molar-refractivity contribution is -0.112. The number of benzene rings is 1. The number of anilines is 1. The van der Waals surface area contributed by atoms with Gasteiger partial charge in [0.1, 0.15) is 5.75 Å². The molecule has 1 aromatic carbocycles. The second-order valence-corrected chi connectivity index (χ2v) is 7.65. The Hall–Kier alpha value is -1.46. The maximum atomic E-state index is 12.5. The molecule has 0 aliphatic carbocycles. The number of alkyl halides is 3. The van der Waals surface area contributed by atoms with Gasteiger partial charge in [0.25, 0.3) is 0 Å². The standard InChI is InChI=1S/C12H13F3N2O4S2/c13-12(14,15)23(20,21)16-10-2-1-9(18)5-8(10)6-17-3-4-22-11(19)7-17/h1-2,5,16,18H,3-4,6-7H2. The zero-order valence-electron chi connectivity index (χ0n) is 11.6. The van der Waals surface area contributed by atoms with Gasteiger partial charge in [-0.1, -0.05) is 11.8 Å². The highest BCUT2D eigenvalue weighted by molar-refractivity contribution is 8.13. The molecular formula is C12H13F3N2O4S2. The highest BCUT2D eigenvalue weighted by Crippen LogP contribution is 2.29. The van der Waals surface area contributed by atoms with Crippen molar-refractivity contribution in [1.82, 2.24) is 4.90 Å².